The molecule has 1 aromatic heterocycles. The molecule has 2 nitrogen and oxygen atoms in total. The largest absolute Gasteiger partial charge is 0.330 e. The van der Waals surface area contributed by atoms with Crippen molar-refractivity contribution in [1.82, 2.24) is 4.98 Å². The molecule has 1 N–H and O–H groups in total. The maximum Gasteiger partial charge on any atom is 0.187 e. The molecule has 0 amide bonds. The number of halogens is 3. The highest BCUT2D eigenvalue weighted by Gasteiger charge is 2.07. The molecule has 6 heteroatoms. The van der Waals surface area contributed by atoms with Crippen molar-refractivity contribution in [2.75, 3.05) is 5.32 Å². The number of benzene rings is 2. The van der Waals surface area contributed by atoms with E-state index in [1.165, 1.54) is 14.9 Å². The van der Waals surface area contributed by atoms with Crippen LogP contribution >= 0.6 is 57.1 Å². The average molecular weight is 447 g/mol. The van der Waals surface area contributed by atoms with Crippen LogP contribution in [0, 0.1) is 3.57 Å². The van der Waals surface area contributed by atoms with Crippen LogP contribution in [0.25, 0.3) is 11.3 Å². The van der Waals surface area contributed by atoms with Gasteiger partial charge in [-0.15, -0.1) is 11.3 Å². The Bertz CT molecular complexity index is 772. The second-order valence-corrected chi connectivity index (χ2v) is 7.24. The fraction of sp³-hybridized carbons (Fsp3) is 0. The SMILES string of the molecule is Clc1ccc(Cl)c(Nc2nc(-c3ccc(I)cc3)cs2)c1. The zero-order valence-electron chi connectivity index (χ0n) is 10.6. The summed E-state index contributed by atoms with van der Waals surface area (Å²) in [5, 5.41) is 7.26. The van der Waals surface area contributed by atoms with Crippen LogP contribution in [0.15, 0.2) is 47.8 Å². The van der Waals surface area contributed by atoms with E-state index in [0.29, 0.717) is 10.0 Å². The standard InChI is InChI=1S/C15H9Cl2IN2S/c16-10-3-6-12(17)13(7-10)19-15-20-14(8-21-15)9-1-4-11(18)5-2-9/h1-8H,(H,19,20). The van der Waals surface area contributed by atoms with Crippen molar-refractivity contribution in [3.8, 4) is 11.3 Å². The maximum atomic E-state index is 6.14. The third kappa shape index (κ3) is 3.69. The van der Waals surface area contributed by atoms with Gasteiger partial charge in [-0.3, -0.25) is 0 Å². The lowest BCUT2D eigenvalue weighted by atomic mass is 10.2. The quantitative estimate of drug-likeness (QED) is 0.466. The third-order valence-corrected chi connectivity index (χ3v) is 4.86. The predicted molar refractivity (Wildman–Crippen MR) is 100 cm³/mol. The summed E-state index contributed by atoms with van der Waals surface area (Å²) in [5.41, 5.74) is 2.79. The van der Waals surface area contributed by atoms with Crippen LogP contribution in [0.1, 0.15) is 0 Å². The van der Waals surface area contributed by atoms with Crippen LogP contribution in [0.2, 0.25) is 10.0 Å². The molecule has 21 heavy (non-hydrogen) atoms. The molecule has 1 heterocycles. The molecular formula is C15H9Cl2IN2S. The summed E-state index contributed by atoms with van der Waals surface area (Å²) in [4.78, 5) is 4.58. The van der Waals surface area contributed by atoms with Crippen LogP contribution in [-0.4, -0.2) is 4.98 Å². The number of nitrogens with zero attached hydrogens (tertiary/aromatic N) is 1. The summed E-state index contributed by atoms with van der Waals surface area (Å²) in [7, 11) is 0. The van der Waals surface area contributed by atoms with Crippen molar-refractivity contribution in [2.45, 2.75) is 0 Å². The fourth-order valence-electron chi connectivity index (χ4n) is 1.79. The second-order valence-electron chi connectivity index (χ2n) is 4.29. The van der Waals surface area contributed by atoms with Crippen LogP contribution < -0.4 is 5.32 Å². The molecule has 0 saturated heterocycles. The van der Waals surface area contributed by atoms with Crippen LogP contribution in [0.3, 0.4) is 0 Å². The van der Waals surface area contributed by atoms with Gasteiger partial charge in [-0.1, -0.05) is 35.3 Å². The predicted octanol–water partition coefficient (Wildman–Crippen LogP) is 6.47. The third-order valence-electron chi connectivity index (χ3n) is 2.81. The Morgan fingerprint density at radius 1 is 1.05 bits per heavy atom. The Labute approximate surface area is 150 Å². The van der Waals surface area contributed by atoms with Gasteiger partial charge in [0, 0.05) is 19.5 Å². The van der Waals surface area contributed by atoms with Crippen LogP contribution in [0.4, 0.5) is 10.8 Å². The van der Waals surface area contributed by atoms with E-state index in [-0.39, 0.29) is 0 Å². The number of anilines is 2. The maximum absolute atomic E-state index is 6.14. The van der Waals surface area contributed by atoms with Crippen molar-refractivity contribution in [3.05, 3.63) is 61.5 Å². The normalized spacial score (nSPS) is 10.6. The van der Waals surface area contributed by atoms with Crippen molar-refractivity contribution >= 4 is 67.9 Å². The molecule has 0 unspecified atom stereocenters. The van der Waals surface area contributed by atoms with Gasteiger partial charge in [0.15, 0.2) is 5.13 Å². The number of hydrogen-bond acceptors (Lipinski definition) is 3. The van der Waals surface area contributed by atoms with E-state index < -0.39 is 0 Å². The van der Waals surface area contributed by atoms with Crippen LogP contribution in [-0.2, 0) is 0 Å². The summed E-state index contributed by atoms with van der Waals surface area (Å²) in [6.45, 7) is 0. The number of hydrogen-bond donors (Lipinski definition) is 1. The van der Waals surface area contributed by atoms with Gasteiger partial charge < -0.3 is 5.32 Å². The molecule has 0 atom stereocenters. The zero-order chi connectivity index (χ0) is 14.8. The minimum atomic E-state index is 0.616. The first-order valence-corrected chi connectivity index (χ1v) is 8.77. The lowest BCUT2D eigenvalue weighted by Gasteiger charge is -2.05. The summed E-state index contributed by atoms with van der Waals surface area (Å²) in [5.74, 6) is 0. The van der Waals surface area contributed by atoms with E-state index in [0.717, 1.165) is 22.1 Å². The molecule has 0 aliphatic heterocycles. The minimum Gasteiger partial charge on any atom is -0.330 e. The molecule has 0 spiro atoms. The van der Waals surface area contributed by atoms with Crippen LogP contribution in [0.5, 0.6) is 0 Å². The van der Waals surface area contributed by atoms with Gasteiger partial charge in [0.1, 0.15) is 0 Å². The first-order valence-electron chi connectivity index (χ1n) is 6.05. The molecule has 3 aromatic rings. The Balaban J connectivity index is 1.85. The van der Waals surface area contributed by atoms with Gasteiger partial charge in [0.25, 0.3) is 0 Å². The molecule has 0 radical (unpaired) electrons. The van der Waals surface area contributed by atoms with Crippen molar-refractivity contribution in [1.29, 1.82) is 0 Å². The van der Waals surface area contributed by atoms with E-state index in [2.05, 4.69) is 57.2 Å². The van der Waals surface area contributed by atoms with E-state index in [1.54, 1.807) is 18.2 Å². The zero-order valence-corrected chi connectivity index (χ0v) is 15.1. The number of rotatable bonds is 3. The van der Waals surface area contributed by atoms with Gasteiger partial charge in [-0.25, -0.2) is 4.98 Å². The first-order chi connectivity index (χ1) is 10.1. The summed E-state index contributed by atoms with van der Waals surface area (Å²) >= 11 is 15.9. The lowest BCUT2D eigenvalue weighted by molar-refractivity contribution is 1.38. The highest BCUT2D eigenvalue weighted by molar-refractivity contribution is 14.1. The molecular weight excluding hydrogens is 438 g/mol. The van der Waals surface area contributed by atoms with Gasteiger partial charge in [0.05, 0.1) is 16.4 Å². The molecule has 0 fully saturated rings. The molecule has 0 aliphatic rings. The van der Waals surface area contributed by atoms with E-state index >= 15 is 0 Å². The van der Waals surface area contributed by atoms with Gasteiger partial charge in [0.2, 0.25) is 0 Å². The van der Waals surface area contributed by atoms with Gasteiger partial charge in [-0.2, -0.15) is 0 Å². The fourth-order valence-corrected chi connectivity index (χ4v) is 3.22. The Morgan fingerprint density at radius 3 is 2.57 bits per heavy atom. The number of thiazole rings is 1. The Kier molecular flexibility index (Phi) is 4.69. The van der Waals surface area contributed by atoms with Crippen molar-refractivity contribution in [2.24, 2.45) is 0 Å². The molecule has 0 bridgehead atoms. The summed E-state index contributed by atoms with van der Waals surface area (Å²) < 4.78 is 1.20. The molecule has 0 saturated carbocycles. The van der Waals surface area contributed by atoms with Gasteiger partial charge in [-0.05, 0) is 52.9 Å². The highest BCUT2D eigenvalue weighted by atomic mass is 127. The highest BCUT2D eigenvalue weighted by Crippen LogP contribution is 2.31. The minimum absolute atomic E-state index is 0.616. The second kappa shape index (κ2) is 6.52. The number of aromatic nitrogens is 1. The van der Waals surface area contributed by atoms with E-state index in [1.807, 2.05) is 5.38 Å². The summed E-state index contributed by atoms with van der Waals surface area (Å²) in [6.07, 6.45) is 0. The molecule has 0 aliphatic carbocycles. The van der Waals surface area contributed by atoms with Gasteiger partial charge >= 0.3 is 0 Å². The Hall–Kier alpha value is -0.820. The lowest BCUT2D eigenvalue weighted by Crippen LogP contribution is -1.90. The molecule has 3 rings (SSSR count). The average Bonchev–Trinajstić information content (AvgIpc) is 2.92. The first kappa shape index (κ1) is 15.1. The topological polar surface area (TPSA) is 24.9 Å². The monoisotopic (exact) mass is 446 g/mol. The number of nitrogens with one attached hydrogen (secondary N) is 1. The molecule has 2 aromatic carbocycles. The smallest absolute Gasteiger partial charge is 0.187 e. The molecule has 106 valence electrons. The Morgan fingerprint density at radius 2 is 1.81 bits per heavy atom. The van der Waals surface area contributed by atoms with E-state index in [4.69, 9.17) is 23.2 Å². The van der Waals surface area contributed by atoms with E-state index in [9.17, 15) is 0 Å². The van der Waals surface area contributed by atoms with Crippen molar-refractivity contribution in [3.63, 3.8) is 0 Å². The van der Waals surface area contributed by atoms with Crippen molar-refractivity contribution < 1.29 is 0 Å². The summed E-state index contributed by atoms with van der Waals surface area (Å²) in [6, 6.07) is 13.6.